The van der Waals surface area contributed by atoms with Gasteiger partial charge in [-0.3, -0.25) is 0 Å². The molecule has 0 unspecified atom stereocenters. The van der Waals surface area contributed by atoms with Crippen molar-refractivity contribution in [2.75, 3.05) is 11.9 Å². The van der Waals surface area contributed by atoms with Crippen LogP contribution in [0.1, 0.15) is 22.8 Å². The normalized spacial score (nSPS) is 10.9. The lowest BCUT2D eigenvalue weighted by molar-refractivity contribution is 0.0527. The summed E-state index contributed by atoms with van der Waals surface area (Å²) in [4.78, 5) is 21.3. The number of hydrogen-bond acceptors (Lipinski definition) is 7. The van der Waals surface area contributed by atoms with Crippen LogP contribution in [0.2, 0.25) is 0 Å². The highest BCUT2D eigenvalue weighted by Gasteiger charge is 2.20. The van der Waals surface area contributed by atoms with Crippen LogP contribution in [-0.4, -0.2) is 32.2 Å². The molecule has 0 aliphatic carbocycles. The van der Waals surface area contributed by atoms with Crippen LogP contribution in [0, 0.1) is 0 Å². The van der Waals surface area contributed by atoms with Gasteiger partial charge in [0.15, 0.2) is 11.4 Å². The van der Waals surface area contributed by atoms with Crippen LogP contribution in [0.5, 0.6) is 0 Å². The lowest BCUT2D eigenvalue weighted by Gasteiger charge is -2.09. The van der Waals surface area contributed by atoms with Gasteiger partial charge in [0.2, 0.25) is 11.8 Å². The van der Waals surface area contributed by atoms with E-state index in [1.807, 2.05) is 18.2 Å². The van der Waals surface area contributed by atoms with Gasteiger partial charge in [0.05, 0.1) is 12.9 Å². The molecule has 164 valence electrons. The van der Waals surface area contributed by atoms with Gasteiger partial charge in [-0.1, -0.05) is 54.6 Å². The summed E-state index contributed by atoms with van der Waals surface area (Å²) in [5, 5.41) is 7.79. The van der Waals surface area contributed by atoms with Gasteiger partial charge in [-0.25, -0.2) is 14.8 Å². The first-order valence-corrected chi connectivity index (χ1v) is 10.6. The molecule has 0 atom stereocenters. The van der Waals surface area contributed by atoms with Crippen molar-refractivity contribution in [1.82, 2.24) is 19.6 Å². The zero-order valence-corrected chi connectivity index (χ0v) is 17.9. The van der Waals surface area contributed by atoms with Gasteiger partial charge in [-0.2, -0.15) is 4.52 Å². The number of nitrogens with one attached hydrogen (secondary N) is 1. The third-order valence-electron chi connectivity index (χ3n) is 5.11. The van der Waals surface area contributed by atoms with E-state index in [-0.39, 0.29) is 12.2 Å². The summed E-state index contributed by atoms with van der Waals surface area (Å²) in [6.07, 6.45) is 3.00. The molecule has 0 aliphatic rings. The second-order valence-corrected chi connectivity index (χ2v) is 7.28. The highest BCUT2D eigenvalue weighted by Crippen LogP contribution is 2.22. The van der Waals surface area contributed by atoms with E-state index in [2.05, 4.69) is 56.8 Å². The molecule has 0 aliphatic heterocycles. The third-order valence-corrected chi connectivity index (χ3v) is 5.11. The van der Waals surface area contributed by atoms with Gasteiger partial charge in [0.25, 0.3) is 0 Å². The Balaban J connectivity index is 1.43. The average molecular weight is 439 g/mol. The monoisotopic (exact) mass is 439 g/mol. The summed E-state index contributed by atoms with van der Waals surface area (Å²) in [6.45, 7) is 2.52. The van der Waals surface area contributed by atoms with Gasteiger partial charge >= 0.3 is 5.97 Å². The van der Waals surface area contributed by atoms with Crippen LogP contribution in [-0.2, 0) is 11.3 Å². The van der Waals surface area contributed by atoms with Gasteiger partial charge in [-0.05, 0) is 35.7 Å². The van der Waals surface area contributed by atoms with Crippen LogP contribution in [0.25, 0.3) is 28.4 Å². The van der Waals surface area contributed by atoms with Crippen molar-refractivity contribution in [2.45, 2.75) is 13.5 Å². The van der Waals surface area contributed by atoms with Crippen LogP contribution in [0.3, 0.4) is 0 Å². The minimum atomic E-state index is -0.503. The number of benzene rings is 2. The Bertz CT molecular complexity index is 1380. The predicted molar refractivity (Wildman–Crippen MR) is 124 cm³/mol. The van der Waals surface area contributed by atoms with E-state index in [1.165, 1.54) is 16.3 Å². The van der Waals surface area contributed by atoms with Crippen molar-refractivity contribution in [2.24, 2.45) is 0 Å². The zero-order chi connectivity index (χ0) is 22.6. The number of esters is 1. The quantitative estimate of drug-likeness (QED) is 0.363. The number of nitrogens with zero attached hydrogens (tertiary/aromatic N) is 4. The second kappa shape index (κ2) is 8.96. The number of fused-ring (bicyclic) bond motifs is 1. The molecule has 0 saturated carbocycles. The standard InChI is InChI=1S/C25H21N5O3/c1-2-32-24(31)20-16-27-25(30-23(20)28-22(29-30)21-9-6-14-33-21)26-15-17-10-12-19(13-11-17)18-7-4-3-5-8-18/h3-14,16H,2,15H2,1H3,(H,26,27). The molecule has 0 spiro atoms. The molecule has 0 bridgehead atoms. The molecule has 0 saturated heterocycles. The van der Waals surface area contributed by atoms with Crippen LogP contribution >= 0.6 is 0 Å². The van der Waals surface area contributed by atoms with Crippen molar-refractivity contribution in [3.63, 3.8) is 0 Å². The highest BCUT2D eigenvalue weighted by atomic mass is 16.5. The number of furan rings is 1. The first-order chi connectivity index (χ1) is 16.2. The number of carbonyl (C=O) groups is 1. The Kier molecular flexibility index (Phi) is 5.55. The smallest absolute Gasteiger partial charge is 0.343 e. The van der Waals surface area contributed by atoms with E-state index in [0.29, 0.717) is 29.7 Å². The van der Waals surface area contributed by atoms with Gasteiger partial charge < -0.3 is 14.5 Å². The van der Waals surface area contributed by atoms with E-state index in [4.69, 9.17) is 9.15 Å². The maximum absolute atomic E-state index is 12.4. The van der Waals surface area contributed by atoms with E-state index < -0.39 is 5.97 Å². The molecule has 0 radical (unpaired) electrons. The van der Waals surface area contributed by atoms with Gasteiger partial charge in [0.1, 0.15) is 5.56 Å². The maximum atomic E-state index is 12.4. The molecule has 8 nitrogen and oxygen atoms in total. The molecule has 0 fully saturated rings. The molecule has 2 aromatic carbocycles. The summed E-state index contributed by atoms with van der Waals surface area (Å²) in [5.41, 5.74) is 3.98. The Morgan fingerprint density at radius 3 is 2.55 bits per heavy atom. The largest absolute Gasteiger partial charge is 0.462 e. The predicted octanol–water partition coefficient (Wildman–Crippen LogP) is 4.84. The minimum Gasteiger partial charge on any atom is -0.462 e. The Labute approximate surface area is 189 Å². The van der Waals surface area contributed by atoms with E-state index in [9.17, 15) is 4.79 Å². The Hall–Kier alpha value is -4.46. The fraction of sp³-hybridized carbons (Fsp3) is 0.120. The molecule has 5 rings (SSSR count). The van der Waals surface area contributed by atoms with Crippen molar-refractivity contribution in [3.8, 4) is 22.7 Å². The Morgan fingerprint density at radius 1 is 1.03 bits per heavy atom. The fourth-order valence-corrected chi connectivity index (χ4v) is 3.48. The molecular weight excluding hydrogens is 418 g/mol. The molecule has 3 aromatic heterocycles. The molecular formula is C25H21N5O3. The highest BCUT2D eigenvalue weighted by molar-refractivity contribution is 5.96. The number of carbonyl (C=O) groups excluding carboxylic acids is 1. The van der Waals surface area contributed by atoms with Crippen molar-refractivity contribution < 1.29 is 13.9 Å². The van der Waals surface area contributed by atoms with Gasteiger partial charge in [-0.15, -0.1) is 5.10 Å². The molecule has 0 amide bonds. The SMILES string of the molecule is CCOC(=O)c1cnc(NCc2ccc(-c3ccccc3)cc2)n2nc(-c3ccco3)nc12. The fourth-order valence-electron chi connectivity index (χ4n) is 3.48. The number of anilines is 1. The average Bonchev–Trinajstić information content (AvgIpc) is 3.54. The van der Waals surface area contributed by atoms with Crippen molar-refractivity contribution in [3.05, 3.63) is 90.3 Å². The first-order valence-electron chi connectivity index (χ1n) is 10.6. The van der Waals surface area contributed by atoms with Crippen LogP contribution < -0.4 is 5.32 Å². The number of aromatic nitrogens is 4. The first kappa shape index (κ1) is 20.4. The van der Waals surface area contributed by atoms with E-state index in [0.717, 1.165) is 11.1 Å². The molecule has 8 heteroatoms. The van der Waals surface area contributed by atoms with Crippen LogP contribution in [0.4, 0.5) is 5.95 Å². The third kappa shape index (κ3) is 4.18. The minimum absolute atomic E-state index is 0.236. The maximum Gasteiger partial charge on any atom is 0.343 e. The topological polar surface area (TPSA) is 94.5 Å². The molecule has 3 heterocycles. The summed E-state index contributed by atoms with van der Waals surface area (Å²) < 4.78 is 12.1. The molecule has 5 aromatic rings. The second-order valence-electron chi connectivity index (χ2n) is 7.28. The van der Waals surface area contributed by atoms with E-state index in [1.54, 1.807) is 25.3 Å². The van der Waals surface area contributed by atoms with Crippen molar-refractivity contribution in [1.29, 1.82) is 0 Å². The lowest BCUT2D eigenvalue weighted by Crippen LogP contribution is -2.12. The summed E-state index contributed by atoms with van der Waals surface area (Å²) >= 11 is 0. The zero-order valence-electron chi connectivity index (χ0n) is 17.9. The lowest BCUT2D eigenvalue weighted by atomic mass is 10.0. The summed E-state index contributed by atoms with van der Waals surface area (Å²) in [6, 6.07) is 22.0. The van der Waals surface area contributed by atoms with Gasteiger partial charge in [0, 0.05) is 12.7 Å². The molecule has 1 N–H and O–H groups in total. The Morgan fingerprint density at radius 2 is 1.82 bits per heavy atom. The number of ether oxygens (including phenoxy) is 1. The molecule has 33 heavy (non-hydrogen) atoms. The van der Waals surface area contributed by atoms with Crippen molar-refractivity contribution >= 4 is 17.6 Å². The van der Waals surface area contributed by atoms with Crippen LogP contribution in [0.15, 0.2) is 83.6 Å². The number of hydrogen-bond donors (Lipinski definition) is 1. The van der Waals surface area contributed by atoms with E-state index >= 15 is 0 Å². The summed E-state index contributed by atoms with van der Waals surface area (Å²) in [7, 11) is 0. The summed E-state index contributed by atoms with van der Waals surface area (Å²) in [5.74, 6) is 0.803. The number of rotatable bonds is 7.